The van der Waals surface area contributed by atoms with Gasteiger partial charge in [-0.15, -0.1) is 0 Å². The second-order valence-electron chi connectivity index (χ2n) is 8.33. The molecule has 0 radical (unpaired) electrons. The molecule has 0 atom stereocenters. The maximum absolute atomic E-state index is 12.3. The molecular weight excluding hydrogens is 349 g/mol. The highest BCUT2D eigenvalue weighted by atomic mass is 16.7. The van der Waals surface area contributed by atoms with E-state index in [1.807, 2.05) is 27.7 Å². The van der Waals surface area contributed by atoms with E-state index in [9.17, 15) is 9.59 Å². The number of carbonyl (C=O) groups excluding carboxylic acids is 2. The monoisotopic (exact) mass is 380 g/mol. The van der Waals surface area contributed by atoms with Crippen molar-refractivity contribution in [2.24, 2.45) is 0 Å². The molecule has 2 N–H and O–H groups in total. The Morgan fingerprint density at radius 1 is 1.19 bits per heavy atom. The van der Waals surface area contributed by atoms with E-state index in [0.717, 1.165) is 0 Å². The zero-order chi connectivity index (χ0) is 23.1. The van der Waals surface area contributed by atoms with Gasteiger partial charge in [0.2, 0.25) is 5.91 Å². The normalized spacial score (nSPS) is 20.3. The third kappa shape index (κ3) is 5.20. The lowest BCUT2D eigenvalue weighted by Crippen LogP contribution is -2.41. The van der Waals surface area contributed by atoms with Crippen molar-refractivity contribution in [3.63, 3.8) is 0 Å². The first-order chi connectivity index (χ1) is 13.4. The molecule has 0 spiro atoms. The fraction of sp³-hybridized carbons (Fsp3) is 0.611. The Labute approximate surface area is 164 Å². The van der Waals surface area contributed by atoms with Crippen LogP contribution in [-0.4, -0.2) is 40.9 Å². The van der Waals surface area contributed by atoms with E-state index < -0.39 is 42.8 Å². The zero-order valence-corrected chi connectivity index (χ0v) is 16.7. The van der Waals surface area contributed by atoms with Crippen molar-refractivity contribution in [2.75, 3.05) is 10.6 Å². The molecule has 8 nitrogen and oxygen atoms in total. The summed E-state index contributed by atoms with van der Waals surface area (Å²) < 4.78 is 38.9. The zero-order valence-electron chi connectivity index (χ0n) is 19.7. The van der Waals surface area contributed by atoms with Crippen LogP contribution in [0.2, 0.25) is 0 Å². The van der Waals surface area contributed by atoms with Crippen molar-refractivity contribution < 1.29 is 27.7 Å². The van der Waals surface area contributed by atoms with E-state index in [-0.39, 0.29) is 11.5 Å². The molecule has 1 aliphatic heterocycles. The number of amides is 2. The molecule has 1 aromatic rings. The van der Waals surface area contributed by atoms with Gasteiger partial charge in [-0.05, 0) is 48.5 Å². The second-order valence-corrected chi connectivity index (χ2v) is 8.33. The molecule has 1 aromatic heterocycles. The van der Waals surface area contributed by atoms with Crippen molar-refractivity contribution >= 4 is 36.1 Å². The second kappa shape index (κ2) is 7.12. The molecule has 2 amide bonds. The van der Waals surface area contributed by atoms with Gasteiger partial charge in [-0.25, -0.2) is 9.78 Å². The highest BCUT2D eigenvalue weighted by Crippen LogP contribution is 2.37. The predicted octanol–water partition coefficient (Wildman–Crippen LogP) is 2.69. The van der Waals surface area contributed by atoms with Crippen LogP contribution in [0.25, 0.3) is 0 Å². The summed E-state index contributed by atoms with van der Waals surface area (Å²) in [6.45, 7) is 9.84. The summed E-state index contributed by atoms with van der Waals surface area (Å²) in [4.78, 5) is 28.2. The first-order valence-electron chi connectivity index (χ1n) is 10.1. The Kier molecular flexibility index (Phi) is 4.49. The Hall–Kier alpha value is -2.13. The number of carbonyl (C=O) groups is 2. The van der Waals surface area contributed by atoms with Gasteiger partial charge < -0.3 is 19.4 Å². The van der Waals surface area contributed by atoms with E-state index in [2.05, 4.69) is 15.6 Å². The molecule has 0 bridgehead atoms. The van der Waals surface area contributed by atoms with Gasteiger partial charge in [0.1, 0.15) is 11.4 Å². The summed E-state index contributed by atoms with van der Waals surface area (Å²) in [6.07, 6.45) is 0.615. The summed E-state index contributed by atoms with van der Waals surface area (Å²) in [6, 6.07) is 1.33. The highest BCUT2D eigenvalue weighted by Gasteiger charge is 2.52. The lowest BCUT2D eigenvalue weighted by Gasteiger charge is -2.32. The molecule has 2 rings (SSSR count). The summed E-state index contributed by atoms with van der Waals surface area (Å²) >= 11 is 0. The number of hydrogen-bond donors (Lipinski definition) is 2. The van der Waals surface area contributed by atoms with E-state index in [1.54, 1.807) is 20.8 Å². The van der Waals surface area contributed by atoms with Crippen LogP contribution < -0.4 is 16.1 Å². The quantitative estimate of drug-likeness (QED) is 0.783. The molecule has 1 fully saturated rings. The number of nitrogens with one attached hydrogen (secondary N) is 2. The molecule has 2 heterocycles. The number of nitrogens with zero attached hydrogens (tertiary/aromatic N) is 1. The number of pyridine rings is 1. The minimum Gasteiger partial charge on any atom is -0.444 e. The summed E-state index contributed by atoms with van der Waals surface area (Å²) in [7, 11) is -0.847. The Morgan fingerprint density at radius 2 is 1.78 bits per heavy atom. The molecule has 0 aromatic carbocycles. The third-order valence-corrected chi connectivity index (χ3v) is 4.32. The van der Waals surface area contributed by atoms with Gasteiger partial charge in [-0.3, -0.25) is 10.1 Å². The van der Waals surface area contributed by atoms with Crippen molar-refractivity contribution in [2.45, 2.75) is 72.1 Å². The minimum atomic E-state index is -2.84. The van der Waals surface area contributed by atoms with E-state index in [4.69, 9.17) is 18.2 Å². The van der Waals surface area contributed by atoms with Gasteiger partial charge in [0.15, 0.2) is 0 Å². The Bertz CT molecular complexity index is 821. The van der Waals surface area contributed by atoms with Crippen LogP contribution in [-0.2, 0) is 18.8 Å². The molecule has 27 heavy (non-hydrogen) atoms. The predicted molar refractivity (Wildman–Crippen MR) is 104 cm³/mol. The maximum atomic E-state index is 12.3. The fourth-order valence-electron chi connectivity index (χ4n) is 2.33. The molecule has 9 heteroatoms. The molecule has 1 aliphatic rings. The van der Waals surface area contributed by atoms with Crippen LogP contribution in [0.1, 0.15) is 59.4 Å². The lowest BCUT2D eigenvalue weighted by atomic mass is 9.79. The Morgan fingerprint density at radius 3 is 2.30 bits per heavy atom. The molecule has 0 unspecified atom stereocenters. The summed E-state index contributed by atoms with van der Waals surface area (Å²) in [5.74, 6) is -1.25. The lowest BCUT2D eigenvalue weighted by molar-refractivity contribution is -0.114. The van der Waals surface area contributed by atoms with Gasteiger partial charge in [-0.2, -0.15) is 0 Å². The van der Waals surface area contributed by atoms with E-state index in [1.165, 1.54) is 12.3 Å². The molecular formula is C18H28BN3O5. The van der Waals surface area contributed by atoms with Crippen molar-refractivity contribution in [1.29, 1.82) is 0 Å². The van der Waals surface area contributed by atoms with Crippen molar-refractivity contribution in [3.8, 4) is 0 Å². The Balaban J connectivity index is 2.38. The molecule has 0 saturated carbocycles. The van der Waals surface area contributed by atoms with Crippen LogP contribution in [0.5, 0.6) is 0 Å². The maximum Gasteiger partial charge on any atom is 0.498 e. The van der Waals surface area contributed by atoms with Gasteiger partial charge >= 0.3 is 13.2 Å². The largest absolute Gasteiger partial charge is 0.498 e. The smallest absolute Gasteiger partial charge is 0.444 e. The van der Waals surface area contributed by atoms with Crippen LogP contribution in [0, 0.1) is 0 Å². The van der Waals surface area contributed by atoms with Gasteiger partial charge in [0.25, 0.3) is 0 Å². The topological polar surface area (TPSA) is 98.8 Å². The van der Waals surface area contributed by atoms with Crippen LogP contribution in [0.4, 0.5) is 16.3 Å². The van der Waals surface area contributed by atoms with Gasteiger partial charge in [0.05, 0.1) is 11.2 Å². The summed E-state index contributed by atoms with van der Waals surface area (Å²) in [5.41, 5.74) is -1.39. The number of ether oxygens (including phenoxy) is 1. The van der Waals surface area contributed by atoms with Crippen LogP contribution >= 0.6 is 0 Å². The van der Waals surface area contributed by atoms with E-state index in [0.29, 0.717) is 5.46 Å². The van der Waals surface area contributed by atoms with Crippen molar-refractivity contribution in [1.82, 2.24) is 4.98 Å². The van der Waals surface area contributed by atoms with Crippen LogP contribution in [0.15, 0.2) is 12.3 Å². The third-order valence-electron chi connectivity index (χ3n) is 4.32. The number of anilines is 2. The number of aromatic nitrogens is 1. The average Bonchev–Trinajstić information content (AvgIpc) is 2.72. The number of rotatable bonds is 3. The van der Waals surface area contributed by atoms with E-state index >= 15 is 0 Å². The number of hydrogen-bond acceptors (Lipinski definition) is 6. The molecule has 148 valence electrons. The van der Waals surface area contributed by atoms with Gasteiger partial charge in [-0.1, -0.05) is 0 Å². The molecule has 1 saturated heterocycles. The fourth-order valence-corrected chi connectivity index (χ4v) is 2.33. The SMILES string of the molecule is [2H]C([2H])([2H])C(=O)Nc1cc(NC(=O)OC(C)(C)C)c(B2OC(C)(C)C(C)(C)O2)cn1. The van der Waals surface area contributed by atoms with Crippen molar-refractivity contribution in [3.05, 3.63) is 12.3 Å². The minimum absolute atomic E-state index is 0.0533. The summed E-state index contributed by atoms with van der Waals surface area (Å²) in [5, 5.41) is 4.81. The first kappa shape index (κ1) is 17.0. The van der Waals surface area contributed by atoms with Gasteiger partial charge in [0, 0.05) is 34.4 Å². The first-order valence-corrected chi connectivity index (χ1v) is 8.58. The van der Waals surface area contributed by atoms with Crippen LogP contribution in [0.3, 0.4) is 0 Å². The average molecular weight is 380 g/mol. The standard InChI is InChI=1S/C18H28BN3O5/c1-11(23)21-14-9-13(22-15(24)25-16(2,3)4)12(10-20-14)19-26-17(5,6)18(7,8)27-19/h9-10H,1-8H3,(H2,20,21,22,23,24)/i1D3. The highest BCUT2D eigenvalue weighted by molar-refractivity contribution is 6.64. The molecule has 0 aliphatic carbocycles.